The largest absolute Gasteiger partial charge is 0.482 e. The van der Waals surface area contributed by atoms with Crippen LogP contribution in [0.15, 0.2) is 75.5 Å². The van der Waals surface area contributed by atoms with Crippen molar-refractivity contribution < 1.29 is 18.7 Å². The molecule has 2 aromatic carbocycles. The molecule has 1 heterocycles. The molecule has 1 aromatic heterocycles. The van der Waals surface area contributed by atoms with Gasteiger partial charge in [-0.15, -0.1) is 0 Å². The summed E-state index contributed by atoms with van der Waals surface area (Å²) >= 11 is 0. The van der Waals surface area contributed by atoms with Crippen molar-refractivity contribution in [1.82, 2.24) is 0 Å². The highest BCUT2D eigenvalue weighted by Gasteiger charge is 2.56. The number of fused-ring (bicyclic) bond motifs is 6. The molecule has 268 valence electrons. The lowest BCUT2D eigenvalue weighted by atomic mass is 9.44. The van der Waals surface area contributed by atoms with E-state index in [-0.39, 0.29) is 24.1 Å². The van der Waals surface area contributed by atoms with Gasteiger partial charge >= 0.3 is 11.6 Å². The molecule has 0 saturated heterocycles. The average molecular weight is 679 g/mol. The number of hydrogen-bond donors (Lipinski definition) is 0. The average Bonchev–Trinajstić information content (AvgIpc) is 3.09. The van der Waals surface area contributed by atoms with Crippen LogP contribution in [0.3, 0.4) is 0 Å². The number of carbonyl (C=O) groups excluding carboxylic acids is 1. The van der Waals surface area contributed by atoms with Crippen LogP contribution in [0.2, 0.25) is 0 Å². The number of hydrogen-bond acceptors (Lipinski definition) is 5. The number of benzene rings is 2. The van der Waals surface area contributed by atoms with E-state index in [1.165, 1.54) is 69.4 Å². The standard InChI is InChI=1S/C45H58O5/c1-29(2)10-9-11-30(3)32-14-19-39-37-17-15-33-24-35(20-23-45(33,5)40(37)21-22-44(39,4)27-32)49-43(47)28-48-34-16-18-36-38(31-12-7-6-8-13-31)26-42(46)50-41(36)25-34/h6-8,12-13,15-16,18,25-26,29-30,32,35,37,39-40H,9-11,14,17,19-24,27-28H2,1-5H3/t30?,32?,35?,37?,39?,40?,44-,45+/m1/s1. The monoisotopic (exact) mass is 678 g/mol. The number of allylic oxidation sites excluding steroid dienone is 1. The van der Waals surface area contributed by atoms with Crippen molar-refractivity contribution in [2.24, 2.45) is 46.3 Å². The first kappa shape index (κ1) is 35.1. The lowest BCUT2D eigenvalue weighted by Crippen LogP contribution is -2.52. The van der Waals surface area contributed by atoms with Gasteiger partial charge in [-0.05, 0) is 121 Å². The third kappa shape index (κ3) is 7.08. The molecule has 4 aliphatic carbocycles. The maximum Gasteiger partial charge on any atom is 0.344 e. The van der Waals surface area contributed by atoms with E-state index < -0.39 is 5.63 Å². The Morgan fingerprint density at radius 2 is 1.76 bits per heavy atom. The molecule has 3 saturated carbocycles. The summed E-state index contributed by atoms with van der Waals surface area (Å²) in [5.41, 5.74) is 3.99. The van der Waals surface area contributed by atoms with Crippen molar-refractivity contribution >= 4 is 16.9 Å². The molecular formula is C45H58O5. The Bertz CT molecular complexity index is 1750. The highest BCUT2D eigenvalue weighted by molar-refractivity contribution is 5.93. The van der Waals surface area contributed by atoms with E-state index in [9.17, 15) is 9.59 Å². The van der Waals surface area contributed by atoms with Gasteiger partial charge in [0.25, 0.3) is 0 Å². The molecule has 5 heteroatoms. The summed E-state index contributed by atoms with van der Waals surface area (Å²) in [6.07, 6.45) is 17.6. The lowest BCUT2D eigenvalue weighted by Gasteiger charge is -2.61. The predicted molar refractivity (Wildman–Crippen MR) is 201 cm³/mol. The summed E-state index contributed by atoms with van der Waals surface area (Å²) in [5.74, 6) is 5.07. The zero-order valence-electron chi connectivity index (χ0n) is 31.0. The molecule has 0 spiro atoms. The molecule has 6 unspecified atom stereocenters. The van der Waals surface area contributed by atoms with Gasteiger partial charge in [-0.3, -0.25) is 0 Å². The maximum atomic E-state index is 13.0. The summed E-state index contributed by atoms with van der Waals surface area (Å²) in [7, 11) is 0. The molecule has 0 aliphatic heterocycles. The van der Waals surface area contributed by atoms with E-state index in [1.54, 1.807) is 6.07 Å². The van der Waals surface area contributed by atoms with Gasteiger partial charge in [0, 0.05) is 23.9 Å². The number of ether oxygens (including phenoxy) is 2. The minimum atomic E-state index is -0.423. The molecule has 5 nitrogen and oxygen atoms in total. The second-order valence-corrected chi connectivity index (χ2v) is 17.4. The summed E-state index contributed by atoms with van der Waals surface area (Å²) in [6.45, 7) is 12.3. The van der Waals surface area contributed by atoms with Crippen molar-refractivity contribution in [3.63, 3.8) is 0 Å². The summed E-state index contributed by atoms with van der Waals surface area (Å²) in [5, 5.41) is 0.816. The van der Waals surface area contributed by atoms with Gasteiger partial charge in [-0.1, -0.05) is 95.9 Å². The Morgan fingerprint density at radius 1 is 0.940 bits per heavy atom. The molecule has 7 rings (SSSR count). The van der Waals surface area contributed by atoms with E-state index >= 15 is 0 Å². The molecule has 0 N–H and O–H groups in total. The van der Waals surface area contributed by atoms with E-state index in [1.807, 2.05) is 42.5 Å². The molecule has 0 bridgehead atoms. The van der Waals surface area contributed by atoms with E-state index in [2.05, 4.69) is 40.7 Å². The van der Waals surface area contributed by atoms with Gasteiger partial charge in [-0.2, -0.15) is 0 Å². The Labute approximate surface area is 299 Å². The highest BCUT2D eigenvalue weighted by atomic mass is 16.6. The van der Waals surface area contributed by atoms with Crippen LogP contribution in [0.4, 0.5) is 0 Å². The van der Waals surface area contributed by atoms with Crippen molar-refractivity contribution in [2.45, 2.75) is 118 Å². The third-order valence-electron chi connectivity index (χ3n) is 13.9. The molecule has 0 amide bonds. The molecule has 0 radical (unpaired) electrons. The Balaban J connectivity index is 0.945. The van der Waals surface area contributed by atoms with Gasteiger partial charge in [0.1, 0.15) is 17.4 Å². The molecule has 8 atom stereocenters. The van der Waals surface area contributed by atoms with Crippen LogP contribution in [0.1, 0.15) is 112 Å². The van der Waals surface area contributed by atoms with Crippen molar-refractivity contribution in [2.75, 3.05) is 6.61 Å². The van der Waals surface area contributed by atoms with Crippen molar-refractivity contribution in [1.29, 1.82) is 0 Å². The fourth-order valence-corrected chi connectivity index (χ4v) is 11.1. The van der Waals surface area contributed by atoms with Crippen molar-refractivity contribution in [3.05, 3.63) is 76.7 Å². The van der Waals surface area contributed by atoms with Gasteiger partial charge in [0.2, 0.25) is 0 Å². The van der Waals surface area contributed by atoms with Gasteiger partial charge in [0.15, 0.2) is 6.61 Å². The van der Waals surface area contributed by atoms with Crippen LogP contribution < -0.4 is 10.4 Å². The first-order valence-corrected chi connectivity index (χ1v) is 19.7. The maximum absolute atomic E-state index is 13.0. The number of carbonyl (C=O) groups is 1. The summed E-state index contributed by atoms with van der Waals surface area (Å²) < 4.78 is 17.4. The first-order chi connectivity index (χ1) is 24.0. The lowest BCUT2D eigenvalue weighted by molar-refractivity contribution is -0.154. The summed E-state index contributed by atoms with van der Waals surface area (Å²) in [4.78, 5) is 25.4. The minimum Gasteiger partial charge on any atom is -0.482 e. The third-order valence-corrected chi connectivity index (χ3v) is 13.9. The Hall–Kier alpha value is -3.34. The van der Waals surface area contributed by atoms with E-state index in [0.717, 1.165) is 71.3 Å². The molecule has 4 aliphatic rings. The smallest absolute Gasteiger partial charge is 0.344 e. The Kier molecular flexibility index (Phi) is 10.1. The van der Waals surface area contributed by atoms with Gasteiger partial charge < -0.3 is 13.9 Å². The number of rotatable bonds is 10. The van der Waals surface area contributed by atoms with E-state index in [4.69, 9.17) is 13.9 Å². The zero-order valence-corrected chi connectivity index (χ0v) is 31.0. The number of esters is 1. The fraction of sp³-hybridized carbons (Fsp3) is 0.600. The van der Waals surface area contributed by atoms with Crippen LogP contribution in [-0.2, 0) is 9.53 Å². The molecular weight excluding hydrogens is 620 g/mol. The summed E-state index contributed by atoms with van der Waals surface area (Å²) in [6, 6.07) is 16.7. The van der Waals surface area contributed by atoms with Crippen LogP contribution >= 0.6 is 0 Å². The normalized spacial score (nSPS) is 31.2. The van der Waals surface area contributed by atoms with E-state index in [0.29, 0.717) is 16.7 Å². The topological polar surface area (TPSA) is 65.7 Å². The SMILES string of the molecule is CC(C)CCCC(C)C1CCC2C3CC=C4CC(OC(=O)COc5ccc6c(-c7ccccc7)cc(=O)oc6c5)CC[C@]4(C)C3CC[C@]2(C)C1. The van der Waals surface area contributed by atoms with Crippen LogP contribution in [-0.4, -0.2) is 18.7 Å². The highest BCUT2D eigenvalue weighted by Crippen LogP contribution is 2.65. The first-order valence-electron chi connectivity index (χ1n) is 19.7. The second-order valence-electron chi connectivity index (χ2n) is 17.4. The minimum absolute atomic E-state index is 0.105. The second kappa shape index (κ2) is 14.4. The van der Waals surface area contributed by atoms with Gasteiger partial charge in [0.05, 0.1) is 0 Å². The van der Waals surface area contributed by atoms with Crippen LogP contribution in [0, 0.1) is 46.3 Å². The quantitative estimate of drug-likeness (QED) is 0.121. The zero-order chi connectivity index (χ0) is 35.0. The molecule has 3 aromatic rings. The van der Waals surface area contributed by atoms with Crippen LogP contribution in [0.25, 0.3) is 22.1 Å². The fourth-order valence-electron chi connectivity index (χ4n) is 11.1. The Morgan fingerprint density at radius 3 is 2.56 bits per heavy atom. The van der Waals surface area contributed by atoms with Gasteiger partial charge in [-0.25, -0.2) is 9.59 Å². The molecule has 3 fully saturated rings. The van der Waals surface area contributed by atoms with Crippen LogP contribution in [0.5, 0.6) is 5.75 Å². The van der Waals surface area contributed by atoms with Crippen molar-refractivity contribution in [3.8, 4) is 16.9 Å². The molecule has 50 heavy (non-hydrogen) atoms. The predicted octanol–water partition coefficient (Wildman–Crippen LogP) is 11.2.